The van der Waals surface area contributed by atoms with Crippen LogP contribution in [0.15, 0.2) is 0 Å². The van der Waals surface area contributed by atoms with Gasteiger partial charge in [-0.25, -0.2) is 0 Å². The molecule has 12 nitrogen and oxygen atoms in total. The highest BCUT2D eigenvalue weighted by atomic mass is 16.6. The van der Waals surface area contributed by atoms with Gasteiger partial charge in [0.05, 0.1) is 53.9 Å². The molecular formula is C38H78O12. The number of ether oxygens (including phenoxy) is 6. The molecule has 0 aromatic carbocycles. The van der Waals surface area contributed by atoms with Gasteiger partial charge in [-0.05, 0) is 132 Å². The first-order valence-electron chi connectivity index (χ1n) is 17.5. The molecule has 3 saturated heterocycles. The Morgan fingerprint density at radius 2 is 0.960 bits per heavy atom. The van der Waals surface area contributed by atoms with Crippen LogP contribution in [0.5, 0.6) is 0 Å². The van der Waals surface area contributed by atoms with Gasteiger partial charge in [-0.3, -0.25) is 0 Å². The zero-order valence-electron chi connectivity index (χ0n) is 34.1. The smallest absolute Gasteiger partial charge is 0.119 e. The summed E-state index contributed by atoms with van der Waals surface area (Å²) in [5, 5.41) is 60.9. The maximum absolute atomic E-state index is 10.3. The molecule has 3 aliphatic rings. The van der Waals surface area contributed by atoms with Crippen LogP contribution >= 0.6 is 0 Å². The van der Waals surface area contributed by atoms with E-state index in [-0.39, 0.29) is 44.1 Å². The van der Waals surface area contributed by atoms with E-state index in [2.05, 4.69) is 0 Å². The molecule has 6 N–H and O–H groups in total. The van der Waals surface area contributed by atoms with E-state index in [0.717, 1.165) is 0 Å². The lowest BCUT2D eigenvalue weighted by Crippen LogP contribution is -2.53. The van der Waals surface area contributed by atoms with Gasteiger partial charge in [0, 0.05) is 0 Å². The molecule has 3 aliphatic heterocycles. The highest BCUT2D eigenvalue weighted by Gasteiger charge is 2.63. The lowest BCUT2D eigenvalue weighted by Gasteiger charge is -2.33. The summed E-state index contributed by atoms with van der Waals surface area (Å²) in [5.74, 6) is 0. The first kappa shape index (κ1) is 49.5. The molecule has 0 aromatic rings. The maximum atomic E-state index is 10.3. The molecule has 0 saturated carbocycles. The summed E-state index contributed by atoms with van der Waals surface area (Å²) in [4.78, 5) is 0. The van der Waals surface area contributed by atoms with Crippen molar-refractivity contribution in [2.75, 3.05) is 19.8 Å². The van der Waals surface area contributed by atoms with Crippen molar-refractivity contribution in [3.05, 3.63) is 0 Å². The van der Waals surface area contributed by atoms with Crippen molar-refractivity contribution in [1.82, 2.24) is 0 Å². The second kappa shape index (κ2) is 15.7. The number of aliphatic hydroxyl groups excluding tert-OH is 3. The van der Waals surface area contributed by atoms with Crippen molar-refractivity contribution in [2.24, 2.45) is 0 Å². The lowest BCUT2D eigenvalue weighted by molar-refractivity contribution is -0.162. The van der Waals surface area contributed by atoms with E-state index >= 15 is 0 Å². The normalized spacial score (nSPS) is 41.1. The molecule has 3 rings (SSSR count). The Kier molecular flexibility index (Phi) is 15.6. The third-order valence-electron chi connectivity index (χ3n) is 10.1. The summed E-state index contributed by atoms with van der Waals surface area (Å²) >= 11 is 0. The van der Waals surface area contributed by atoms with Crippen LogP contribution in [-0.4, -0.2) is 137 Å². The minimum atomic E-state index is -1.29. The summed E-state index contributed by atoms with van der Waals surface area (Å²) < 4.78 is 34.0. The van der Waals surface area contributed by atoms with Crippen LogP contribution in [0.25, 0.3) is 0 Å². The molecule has 12 heteroatoms. The third kappa shape index (κ3) is 11.8. The van der Waals surface area contributed by atoms with Crippen LogP contribution in [-0.2, 0) is 28.4 Å². The Morgan fingerprint density at radius 3 is 1.24 bits per heavy atom. The summed E-state index contributed by atoms with van der Waals surface area (Å²) in [6, 6.07) is 0. The van der Waals surface area contributed by atoms with Crippen molar-refractivity contribution in [1.29, 1.82) is 0 Å². The van der Waals surface area contributed by atoms with Crippen LogP contribution in [0, 0.1) is 0 Å². The van der Waals surface area contributed by atoms with Crippen molar-refractivity contribution in [2.45, 2.75) is 226 Å². The average molecular weight is 727 g/mol. The fourth-order valence-corrected chi connectivity index (χ4v) is 5.77. The molecule has 0 radical (unpaired) electrons. The number of hydrogen-bond donors (Lipinski definition) is 6. The zero-order chi connectivity index (χ0) is 39.3. The molecule has 10 unspecified atom stereocenters. The fraction of sp³-hybridized carbons (Fsp3) is 1.00. The van der Waals surface area contributed by atoms with E-state index < -0.39 is 69.7 Å². The first-order valence-corrected chi connectivity index (χ1v) is 17.5. The molecule has 0 spiro atoms. The van der Waals surface area contributed by atoms with Gasteiger partial charge >= 0.3 is 0 Å². The summed E-state index contributed by atoms with van der Waals surface area (Å²) in [5.41, 5.74) is -7.94. The third-order valence-corrected chi connectivity index (χ3v) is 10.1. The minimum Gasteiger partial charge on any atom is -0.387 e. The van der Waals surface area contributed by atoms with Gasteiger partial charge in [-0.15, -0.1) is 0 Å². The second-order valence-electron chi connectivity index (χ2n) is 19.2. The number of rotatable bonds is 6. The van der Waals surface area contributed by atoms with Gasteiger partial charge in [-0.2, -0.15) is 0 Å². The molecule has 0 aromatic heterocycles. The molecule has 0 aliphatic carbocycles. The van der Waals surface area contributed by atoms with Crippen molar-refractivity contribution in [3.63, 3.8) is 0 Å². The van der Waals surface area contributed by atoms with Gasteiger partial charge in [0.25, 0.3) is 0 Å². The second-order valence-corrected chi connectivity index (χ2v) is 19.2. The van der Waals surface area contributed by atoms with Crippen LogP contribution in [0.4, 0.5) is 0 Å². The maximum Gasteiger partial charge on any atom is 0.119 e. The van der Waals surface area contributed by atoms with Crippen LogP contribution in [0.1, 0.15) is 139 Å². The van der Waals surface area contributed by atoms with Crippen LogP contribution in [0.2, 0.25) is 0 Å². The molecule has 0 bridgehead atoms. The van der Waals surface area contributed by atoms with Crippen molar-refractivity contribution < 1.29 is 59.1 Å². The Balaban J connectivity index is 0.000000714. The first-order chi connectivity index (χ1) is 21.3. The highest BCUT2D eigenvalue weighted by Crippen LogP contribution is 2.46. The summed E-state index contributed by atoms with van der Waals surface area (Å²) in [7, 11) is 0. The SMILES string of the molecule is C.CC(C)(C)OCC1(C)OC(C)(C)C(C)(O)C1O.CC(C)(C)OCC1OC(C)(C)C(C)(O)C1O.CC1OC(C)(COC(C)(C)C)C(O)C1(C)O. The molecule has 302 valence electrons. The van der Waals surface area contributed by atoms with E-state index in [9.17, 15) is 30.6 Å². The molecule has 3 heterocycles. The van der Waals surface area contributed by atoms with Gasteiger partial charge in [0.15, 0.2) is 0 Å². The number of aliphatic hydroxyl groups is 6. The largest absolute Gasteiger partial charge is 0.387 e. The van der Waals surface area contributed by atoms with Crippen molar-refractivity contribution in [3.8, 4) is 0 Å². The number of hydrogen-bond acceptors (Lipinski definition) is 12. The Bertz CT molecular complexity index is 1060. The molecule has 50 heavy (non-hydrogen) atoms. The molecule has 10 atom stereocenters. The van der Waals surface area contributed by atoms with E-state index in [1.807, 2.05) is 62.3 Å². The molecule has 0 amide bonds. The zero-order valence-corrected chi connectivity index (χ0v) is 34.1. The molecule has 3 fully saturated rings. The average Bonchev–Trinajstić information content (AvgIpc) is 3.21. The van der Waals surface area contributed by atoms with Crippen LogP contribution in [0.3, 0.4) is 0 Å². The highest BCUT2D eigenvalue weighted by molar-refractivity contribution is 5.12. The quantitative estimate of drug-likeness (QED) is 0.229. The van der Waals surface area contributed by atoms with E-state index in [0.29, 0.717) is 0 Å². The van der Waals surface area contributed by atoms with Gasteiger partial charge < -0.3 is 59.1 Å². The molecular weight excluding hydrogens is 648 g/mol. The van der Waals surface area contributed by atoms with Crippen molar-refractivity contribution >= 4 is 0 Å². The fourth-order valence-electron chi connectivity index (χ4n) is 5.77. The van der Waals surface area contributed by atoms with E-state index in [4.69, 9.17) is 28.4 Å². The lowest BCUT2D eigenvalue weighted by atomic mass is 9.81. The predicted octanol–water partition coefficient (Wildman–Crippen LogP) is 4.30. The summed E-state index contributed by atoms with van der Waals surface area (Å²) in [6.45, 7) is 35.4. The standard InChI is InChI=1S/C13H26O4.2C12H24O4.CH4/c1-10(2,3)16-8-12(6)9(14)13(7,15)11(4,5)17-12;1-10(2,3)15-7-8-9(13)12(6,14)11(4,5)16-8;1-8-12(6,14)9(13)11(5,16-8)7-15-10(2,3)4;/h9,14-15H,8H2,1-7H3;2*8-9,13-14H,7H2,1-6H3;1H4. The monoisotopic (exact) mass is 727 g/mol. The van der Waals surface area contributed by atoms with Gasteiger partial charge in [-0.1, -0.05) is 7.43 Å². The topological polar surface area (TPSA) is 177 Å². The Hall–Kier alpha value is -0.480. The van der Waals surface area contributed by atoms with Gasteiger partial charge in [0.2, 0.25) is 0 Å². The van der Waals surface area contributed by atoms with Crippen LogP contribution < -0.4 is 0 Å². The van der Waals surface area contributed by atoms with E-state index in [1.54, 1.807) is 69.2 Å². The minimum absolute atomic E-state index is 0. The Labute approximate surface area is 304 Å². The predicted molar refractivity (Wildman–Crippen MR) is 195 cm³/mol. The van der Waals surface area contributed by atoms with E-state index in [1.165, 1.54) is 0 Å². The Morgan fingerprint density at radius 1 is 0.560 bits per heavy atom. The van der Waals surface area contributed by atoms with Gasteiger partial charge in [0.1, 0.15) is 52.4 Å². The summed E-state index contributed by atoms with van der Waals surface area (Å²) in [6.07, 6.45) is -3.74.